The van der Waals surface area contributed by atoms with Gasteiger partial charge in [-0.2, -0.15) is 0 Å². The van der Waals surface area contributed by atoms with Crippen molar-refractivity contribution in [1.29, 1.82) is 0 Å². The molecule has 0 rings (SSSR count). The maximum Gasteiger partial charge on any atom is 0.0783 e. The molecule has 0 aromatic heterocycles. The van der Waals surface area contributed by atoms with E-state index >= 15 is 0 Å². The number of aliphatic hydroxyl groups excluding tert-OH is 1. The van der Waals surface area contributed by atoms with Crippen molar-refractivity contribution in [2.45, 2.75) is 26.3 Å². The Morgan fingerprint density at radius 3 is 2.75 bits per heavy atom. The highest BCUT2D eigenvalue weighted by atomic mass is 16.2. The topological polar surface area (TPSA) is 58.6 Å². The van der Waals surface area contributed by atoms with Crippen LogP contribution < -0.4 is 5.73 Å². The van der Waals surface area contributed by atoms with Crippen LogP contribution in [0.4, 0.5) is 0 Å². The average molecular weight is 170 g/mol. The van der Waals surface area contributed by atoms with Gasteiger partial charge in [0.15, 0.2) is 0 Å². The van der Waals surface area contributed by atoms with Gasteiger partial charge >= 0.3 is 0 Å². The van der Waals surface area contributed by atoms with Gasteiger partial charge in [-0.25, -0.2) is 0 Å². The molecule has 0 spiro atoms. The first-order valence-corrected chi connectivity index (χ1v) is 4.27. The van der Waals surface area contributed by atoms with Crippen LogP contribution in [0.2, 0.25) is 0 Å². The van der Waals surface area contributed by atoms with E-state index in [4.69, 9.17) is 10.8 Å². The van der Waals surface area contributed by atoms with Gasteiger partial charge in [-0.05, 0) is 12.0 Å². The molecule has 0 radical (unpaired) electrons. The number of rotatable bonds is 5. The first-order chi connectivity index (χ1) is 5.72. The molecule has 0 saturated carbocycles. The molecule has 0 amide bonds. The van der Waals surface area contributed by atoms with Crippen molar-refractivity contribution in [1.82, 2.24) is 0 Å². The molecule has 0 aromatic carbocycles. The highest BCUT2D eigenvalue weighted by Crippen LogP contribution is 2.05. The lowest BCUT2D eigenvalue weighted by atomic mass is 10.0. The number of hydrogen-bond donors (Lipinski definition) is 2. The molecule has 0 bridgehead atoms. The predicted molar refractivity (Wildman–Crippen MR) is 52.1 cm³/mol. The summed E-state index contributed by atoms with van der Waals surface area (Å²) in [5, 5.41) is 8.37. The van der Waals surface area contributed by atoms with Crippen molar-refractivity contribution in [2.24, 2.45) is 16.6 Å². The summed E-state index contributed by atoms with van der Waals surface area (Å²) in [5.74, 6) is 0.477. The van der Waals surface area contributed by atoms with Crippen LogP contribution in [0.15, 0.2) is 17.3 Å². The molecule has 0 aliphatic heterocycles. The fraction of sp³-hybridized carbons (Fsp3) is 0.667. The van der Waals surface area contributed by atoms with Crippen molar-refractivity contribution in [2.75, 3.05) is 6.61 Å². The van der Waals surface area contributed by atoms with Gasteiger partial charge in [0.1, 0.15) is 0 Å². The second-order valence-electron chi connectivity index (χ2n) is 2.82. The van der Waals surface area contributed by atoms with Crippen molar-refractivity contribution in [3.63, 3.8) is 0 Å². The number of nitrogens with zero attached hydrogens (tertiary/aromatic N) is 1. The van der Waals surface area contributed by atoms with E-state index in [1.54, 1.807) is 6.20 Å². The van der Waals surface area contributed by atoms with Crippen LogP contribution in [-0.2, 0) is 0 Å². The number of nitrogens with two attached hydrogens (primary N) is 1. The van der Waals surface area contributed by atoms with Gasteiger partial charge in [0.25, 0.3) is 0 Å². The quantitative estimate of drug-likeness (QED) is 0.603. The number of aliphatic imine (C=N–C) groups is 1. The molecule has 12 heavy (non-hydrogen) atoms. The minimum Gasteiger partial charge on any atom is -0.391 e. The Morgan fingerprint density at radius 2 is 2.25 bits per heavy atom. The van der Waals surface area contributed by atoms with Gasteiger partial charge in [-0.3, -0.25) is 4.99 Å². The average Bonchev–Trinajstić information content (AvgIpc) is 2.10. The van der Waals surface area contributed by atoms with Gasteiger partial charge in [0.05, 0.1) is 6.61 Å². The zero-order valence-corrected chi connectivity index (χ0v) is 7.77. The minimum atomic E-state index is -0.0249. The Kier molecular flexibility index (Phi) is 6.61. The summed E-state index contributed by atoms with van der Waals surface area (Å²) in [6.45, 7) is 4.18. The fourth-order valence-corrected chi connectivity index (χ4v) is 0.719. The largest absolute Gasteiger partial charge is 0.391 e. The molecular weight excluding hydrogens is 152 g/mol. The summed E-state index contributed by atoms with van der Waals surface area (Å²) in [4.78, 5) is 3.81. The Balaban J connectivity index is 3.74. The van der Waals surface area contributed by atoms with E-state index in [9.17, 15) is 0 Å². The Labute approximate surface area is 74.0 Å². The molecule has 2 atom stereocenters. The zero-order chi connectivity index (χ0) is 9.40. The van der Waals surface area contributed by atoms with Crippen LogP contribution >= 0.6 is 0 Å². The van der Waals surface area contributed by atoms with Crippen molar-refractivity contribution >= 4 is 6.21 Å². The van der Waals surface area contributed by atoms with Gasteiger partial charge < -0.3 is 10.8 Å². The van der Waals surface area contributed by atoms with E-state index in [1.165, 1.54) is 6.21 Å². The Hall–Kier alpha value is -0.670. The number of aliphatic hydroxyl groups is 1. The third-order valence-corrected chi connectivity index (χ3v) is 1.88. The Morgan fingerprint density at radius 1 is 1.58 bits per heavy atom. The van der Waals surface area contributed by atoms with Gasteiger partial charge in [-0.15, -0.1) is 0 Å². The van der Waals surface area contributed by atoms with E-state index < -0.39 is 0 Å². The highest BCUT2D eigenvalue weighted by molar-refractivity contribution is 5.58. The van der Waals surface area contributed by atoms with Gasteiger partial charge in [-0.1, -0.05) is 20.3 Å². The van der Waals surface area contributed by atoms with Gasteiger partial charge in [0.2, 0.25) is 0 Å². The molecule has 0 aromatic rings. The first kappa shape index (κ1) is 11.3. The lowest BCUT2D eigenvalue weighted by Gasteiger charge is -2.12. The van der Waals surface area contributed by atoms with E-state index in [0.29, 0.717) is 5.92 Å². The maximum atomic E-state index is 8.37. The van der Waals surface area contributed by atoms with Crippen LogP contribution in [0.5, 0.6) is 0 Å². The molecule has 0 saturated heterocycles. The van der Waals surface area contributed by atoms with Crippen LogP contribution in [0, 0.1) is 5.92 Å². The smallest absolute Gasteiger partial charge is 0.0783 e. The molecular formula is C9H18N2O. The molecule has 0 fully saturated rings. The minimum absolute atomic E-state index is 0.0249. The molecule has 0 aliphatic rings. The van der Waals surface area contributed by atoms with Crippen LogP contribution in [0.1, 0.15) is 20.3 Å². The maximum absolute atomic E-state index is 8.37. The lowest BCUT2D eigenvalue weighted by Crippen LogP contribution is -2.24. The normalized spacial score (nSPS) is 17.3. The summed E-state index contributed by atoms with van der Waals surface area (Å²) in [6.07, 6.45) is 5.97. The van der Waals surface area contributed by atoms with E-state index in [1.807, 2.05) is 6.08 Å². The summed E-state index contributed by atoms with van der Waals surface area (Å²) < 4.78 is 0. The van der Waals surface area contributed by atoms with Crippen molar-refractivity contribution < 1.29 is 5.11 Å². The standard InChI is InChI=1S/C9H18N2O/c1-3-8(2)9(10)4-5-11-6-7-12/h4-6,8-9,12H,3,7,10H2,1-2H3/b5-4-,11-6-. The second kappa shape index (κ2) is 7.00. The lowest BCUT2D eigenvalue weighted by molar-refractivity contribution is 0.361. The van der Waals surface area contributed by atoms with Crippen molar-refractivity contribution in [3.8, 4) is 0 Å². The zero-order valence-electron chi connectivity index (χ0n) is 7.77. The van der Waals surface area contributed by atoms with E-state index in [0.717, 1.165) is 6.42 Å². The summed E-state index contributed by atoms with van der Waals surface area (Å²) >= 11 is 0. The summed E-state index contributed by atoms with van der Waals surface area (Å²) in [5.41, 5.74) is 5.79. The predicted octanol–water partition coefficient (Wildman–Crippen LogP) is 0.937. The van der Waals surface area contributed by atoms with Crippen molar-refractivity contribution in [3.05, 3.63) is 12.3 Å². The summed E-state index contributed by atoms with van der Waals surface area (Å²) in [6, 6.07) is 0.0610. The molecule has 0 heterocycles. The summed E-state index contributed by atoms with van der Waals surface area (Å²) in [7, 11) is 0. The van der Waals surface area contributed by atoms with E-state index in [2.05, 4.69) is 18.8 Å². The SMILES string of the molecule is CCC(C)C(N)/C=C\N=C/CO. The molecule has 2 unspecified atom stereocenters. The van der Waals surface area contributed by atoms with Gasteiger partial charge in [0, 0.05) is 18.5 Å². The van der Waals surface area contributed by atoms with E-state index in [-0.39, 0.29) is 12.6 Å². The molecule has 3 heteroatoms. The third-order valence-electron chi connectivity index (χ3n) is 1.88. The fourth-order valence-electron chi connectivity index (χ4n) is 0.719. The van der Waals surface area contributed by atoms with Crippen LogP contribution in [0.25, 0.3) is 0 Å². The number of hydrogen-bond acceptors (Lipinski definition) is 3. The molecule has 3 N–H and O–H groups in total. The second-order valence-corrected chi connectivity index (χ2v) is 2.82. The highest BCUT2D eigenvalue weighted by Gasteiger charge is 2.05. The Bertz CT molecular complexity index is 155. The monoisotopic (exact) mass is 170 g/mol. The molecule has 70 valence electrons. The first-order valence-electron chi connectivity index (χ1n) is 4.27. The van der Waals surface area contributed by atoms with Crippen LogP contribution in [-0.4, -0.2) is 24.0 Å². The third kappa shape index (κ3) is 5.04. The molecule has 3 nitrogen and oxygen atoms in total. The van der Waals surface area contributed by atoms with Crippen LogP contribution in [0.3, 0.4) is 0 Å². The molecule has 0 aliphatic carbocycles.